The third-order valence-electron chi connectivity index (χ3n) is 5.11. The highest BCUT2D eigenvalue weighted by atomic mass is 16.5. The Morgan fingerprint density at radius 1 is 1.29 bits per heavy atom. The zero-order valence-electron chi connectivity index (χ0n) is 13.9. The summed E-state index contributed by atoms with van der Waals surface area (Å²) >= 11 is 0. The van der Waals surface area contributed by atoms with Crippen molar-refractivity contribution in [2.24, 2.45) is 0 Å². The molecule has 4 rings (SSSR count). The molecule has 2 fully saturated rings. The van der Waals surface area contributed by atoms with E-state index in [4.69, 9.17) is 9.26 Å². The summed E-state index contributed by atoms with van der Waals surface area (Å²) < 4.78 is 11.2. The van der Waals surface area contributed by atoms with Crippen LogP contribution < -0.4 is 4.74 Å². The fourth-order valence-electron chi connectivity index (χ4n) is 4.08. The van der Waals surface area contributed by atoms with Gasteiger partial charge in [-0.05, 0) is 38.8 Å². The first-order chi connectivity index (χ1) is 11.6. The van der Waals surface area contributed by atoms with Crippen molar-refractivity contribution in [3.05, 3.63) is 41.5 Å². The number of fused-ring (bicyclic) bond motifs is 2. The summed E-state index contributed by atoms with van der Waals surface area (Å²) in [5, 5.41) is 3.92. The van der Waals surface area contributed by atoms with Crippen molar-refractivity contribution < 1.29 is 14.1 Å². The van der Waals surface area contributed by atoms with Gasteiger partial charge in [-0.15, -0.1) is 0 Å². The van der Waals surface area contributed by atoms with Gasteiger partial charge < -0.3 is 14.2 Å². The molecule has 0 saturated carbocycles. The molecular weight excluding hydrogens is 306 g/mol. The number of amides is 1. The van der Waals surface area contributed by atoms with Crippen molar-refractivity contribution in [2.45, 2.75) is 57.7 Å². The molecule has 6 nitrogen and oxygen atoms in total. The smallest absolute Gasteiger partial charge is 0.259 e. The number of ether oxygens (including phenoxy) is 1. The maximum atomic E-state index is 13.0. The van der Waals surface area contributed by atoms with Crippen molar-refractivity contribution >= 4 is 5.91 Å². The normalized spacial score (nSPS) is 25.8. The summed E-state index contributed by atoms with van der Waals surface area (Å²) in [6.45, 7) is 3.62. The van der Waals surface area contributed by atoms with E-state index in [1.54, 1.807) is 19.3 Å². The zero-order valence-corrected chi connectivity index (χ0v) is 13.9. The third-order valence-corrected chi connectivity index (χ3v) is 5.11. The zero-order chi connectivity index (χ0) is 16.7. The van der Waals surface area contributed by atoms with Gasteiger partial charge in [0, 0.05) is 31.1 Å². The first-order valence-corrected chi connectivity index (χ1v) is 8.45. The second-order valence-corrected chi connectivity index (χ2v) is 6.70. The molecule has 0 aromatic carbocycles. The molecule has 2 aromatic rings. The van der Waals surface area contributed by atoms with Crippen molar-refractivity contribution in [2.75, 3.05) is 0 Å². The molecule has 2 aliphatic heterocycles. The largest absolute Gasteiger partial charge is 0.489 e. The Hall–Kier alpha value is -2.37. The number of piperidine rings is 1. The Balaban J connectivity index is 1.50. The van der Waals surface area contributed by atoms with Crippen LogP contribution in [-0.2, 0) is 0 Å². The summed E-state index contributed by atoms with van der Waals surface area (Å²) in [6.07, 6.45) is 7.41. The van der Waals surface area contributed by atoms with Crippen LogP contribution in [0.1, 0.15) is 47.5 Å². The molecule has 0 spiro atoms. The Bertz CT molecular complexity index is 710. The molecule has 2 aliphatic rings. The lowest BCUT2D eigenvalue weighted by Crippen LogP contribution is -2.49. The van der Waals surface area contributed by atoms with E-state index in [1.807, 2.05) is 24.0 Å². The van der Waals surface area contributed by atoms with Gasteiger partial charge in [0.2, 0.25) is 0 Å². The number of nitrogens with zero attached hydrogens (tertiary/aromatic N) is 3. The molecule has 2 unspecified atom stereocenters. The topological polar surface area (TPSA) is 68.5 Å². The quantitative estimate of drug-likeness (QED) is 0.867. The van der Waals surface area contributed by atoms with Crippen LogP contribution >= 0.6 is 0 Å². The summed E-state index contributed by atoms with van der Waals surface area (Å²) in [5.74, 6) is 1.46. The minimum atomic E-state index is 0.0542. The number of hydrogen-bond acceptors (Lipinski definition) is 5. The van der Waals surface area contributed by atoms with Gasteiger partial charge >= 0.3 is 0 Å². The first kappa shape index (κ1) is 15.2. The van der Waals surface area contributed by atoms with Gasteiger partial charge in [0.25, 0.3) is 5.91 Å². The SMILES string of the molecule is Cc1noc(C)c1C(=O)N1C2CCC1CC(Oc1cccnc1)C2. The second-order valence-electron chi connectivity index (χ2n) is 6.70. The predicted molar refractivity (Wildman–Crippen MR) is 86.8 cm³/mol. The van der Waals surface area contributed by atoms with Crippen LogP contribution in [0.2, 0.25) is 0 Å². The predicted octanol–water partition coefficient (Wildman–Crippen LogP) is 2.90. The number of aromatic nitrogens is 2. The molecule has 0 N–H and O–H groups in total. The summed E-state index contributed by atoms with van der Waals surface area (Å²) in [7, 11) is 0. The van der Waals surface area contributed by atoms with Crippen molar-refractivity contribution in [3.8, 4) is 5.75 Å². The first-order valence-electron chi connectivity index (χ1n) is 8.45. The van der Waals surface area contributed by atoms with E-state index in [1.165, 1.54) is 0 Å². The summed E-state index contributed by atoms with van der Waals surface area (Å²) in [5.41, 5.74) is 1.30. The highest BCUT2D eigenvalue weighted by Crippen LogP contribution is 2.38. The van der Waals surface area contributed by atoms with Gasteiger partial charge in [-0.2, -0.15) is 0 Å². The van der Waals surface area contributed by atoms with Crippen LogP contribution in [0.25, 0.3) is 0 Å². The molecule has 6 heteroatoms. The lowest BCUT2D eigenvalue weighted by Gasteiger charge is -2.38. The number of carbonyl (C=O) groups is 1. The lowest BCUT2D eigenvalue weighted by molar-refractivity contribution is 0.0356. The van der Waals surface area contributed by atoms with Crippen LogP contribution in [0.15, 0.2) is 29.0 Å². The molecule has 1 amide bonds. The summed E-state index contributed by atoms with van der Waals surface area (Å²) in [6, 6.07) is 4.26. The molecular formula is C18H21N3O3. The minimum Gasteiger partial charge on any atom is -0.489 e. The maximum absolute atomic E-state index is 13.0. The molecule has 2 aromatic heterocycles. The van der Waals surface area contributed by atoms with E-state index in [2.05, 4.69) is 10.1 Å². The van der Waals surface area contributed by atoms with E-state index in [-0.39, 0.29) is 24.1 Å². The monoisotopic (exact) mass is 327 g/mol. The van der Waals surface area contributed by atoms with Gasteiger partial charge in [-0.25, -0.2) is 0 Å². The maximum Gasteiger partial charge on any atom is 0.259 e. The highest BCUT2D eigenvalue weighted by Gasteiger charge is 2.45. The number of aryl methyl sites for hydroxylation is 2. The molecule has 126 valence electrons. The van der Waals surface area contributed by atoms with Crippen LogP contribution in [-0.4, -0.2) is 39.1 Å². The van der Waals surface area contributed by atoms with E-state index < -0.39 is 0 Å². The van der Waals surface area contributed by atoms with Gasteiger partial charge in [0.1, 0.15) is 23.2 Å². The Labute approximate surface area is 140 Å². The molecule has 2 bridgehead atoms. The van der Waals surface area contributed by atoms with Gasteiger partial charge in [-0.1, -0.05) is 5.16 Å². The van der Waals surface area contributed by atoms with Crippen molar-refractivity contribution in [1.29, 1.82) is 0 Å². The van der Waals surface area contributed by atoms with Crippen molar-refractivity contribution in [3.63, 3.8) is 0 Å². The molecule has 2 saturated heterocycles. The van der Waals surface area contributed by atoms with Crippen molar-refractivity contribution in [1.82, 2.24) is 15.0 Å². The fraction of sp³-hybridized carbons (Fsp3) is 0.500. The van der Waals surface area contributed by atoms with E-state index >= 15 is 0 Å². The number of hydrogen-bond donors (Lipinski definition) is 0. The molecule has 0 aliphatic carbocycles. The number of carbonyl (C=O) groups excluding carboxylic acids is 1. The van der Waals surface area contributed by atoms with Crippen LogP contribution in [0, 0.1) is 13.8 Å². The van der Waals surface area contributed by atoms with Crippen LogP contribution in [0.4, 0.5) is 0 Å². The van der Waals surface area contributed by atoms with Crippen LogP contribution in [0.3, 0.4) is 0 Å². The molecule has 0 radical (unpaired) electrons. The minimum absolute atomic E-state index is 0.0542. The molecule has 24 heavy (non-hydrogen) atoms. The third kappa shape index (κ3) is 2.56. The highest BCUT2D eigenvalue weighted by molar-refractivity contribution is 5.96. The second kappa shape index (κ2) is 5.92. The average molecular weight is 327 g/mol. The van der Waals surface area contributed by atoms with Gasteiger partial charge in [0.15, 0.2) is 0 Å². The fourth-order valence-corrected chi connectivity index (χ4v) is 4.08. The van der Waals surface area contributed by atoms with E-state index in [0.717, 1.165) is 31.4 Å². The summed E-state index contributed by atoms with van der Waals surface area (Å²) in [4.78, 5) is 19.1. The standard InChI is InChI=1S/C18H21N3O3/c1-11-17(12(2)24-20-11)18(22)21-13-5-6-14(21)9-16(8-13)23-15-4-3-7-19-10-15/h3-4,7,10,13-14,16H,5-6,8-9H2,1-2H3. The number of pyridine rings is 1. The molecule has 2 atom stereocenters. The molecule has 4 heterocycles. The van der Waals surface area contributed by atoms with E-state index in [9.17, 15) is 4.79 Å². The lowest BCUT2D eigenvalue weighted by atomic mass is 9.98. The van der Waals surface area contributed by atoms with E-state index in [0.29, 0.717) is 17.0 Å². The van der Waals surface area contributed by atoms with Crippen LogP contribution in [0.5, 0.6) is 5.75 Å². The van der Waals surface area contributed by atoms with Gasteiger partial charge in [-0.3, -0.25) is 9.78 Å². The Morgan fingerprint density at radius 3 is 2.62 bits per heavy atom. The Kier molecular flexibility index (Phi) is 3.75. The van der Waals surface area contributed by atoms with Gasteiger partial charge in [0.05, 0.1) is 11.9 Å². The number of rotatable bonds is 3. The Morgan fingerprint density at radius 2 is 2.04 bits per heavy atom. The average Bonchev–Trinajstić information content (AvgIpc) is 3.05.